The lowest BCUT2D eigenvalue weighted by Gasteiger charge is -2.31. The molecule has 1 aliphatic rings. The third-order valence-electron chi connectivity index (χ3n) is 4.16. The fraction of sp³-hybridized carbons (Fsp3) is 0.375. The highest BCUT2D eigenvalue weighted by molar-refractivity contribution is 5.74. The van der Waals surface area contributed by atoms with Crippen LogP contribution in [0.4, 0.5) is 11.6 Å². The van der Waals surface area contributed by atoms with Gasteiger partial charge in [0.2, 0.25) is 11.3 Å². The van der Waals surface area contributed by atoms with E-state index in [4.69, 9.17) is 4.63 Å². The van der Waals surface area contributed by atoms with E-state index in [0.29, 0.717) is 23.7 Å². The molecule has 0 atom stereocenters. The second-order valence-electron chi connectivity index (χ2n) is 5.86. The SMILES string of the molecule is OC1CCN(c2nc3nonc3nc2NCc2ccccc2)CC1. The first kappa shape index (κ1) is 14.8. The first-order valence-electron chi connectivity index (χ1n) is 8.01. The van der Waals surface area contributed by atoms with Crippen LogP contribution in [0.3, 0.4) is 0 Å². The molecule has 1 aromatic carbocycles. The van der Waals surface area contributed by atoms with Gasteiger partial charge in [0.25, 0.3) is 0 Å². The molecule has 0 bridgehead atoms. The molecule has 124 valence electrons. The molecule has 3 heterocycles. The van der Waals surface area contributed by atoms with Crippen LogP contribution in [0.1, 0.15) is 18.4 Å². The minimum atomic E-state index is -0.243. The van der Waals surface area contributed by atoms with Gasteiger partial charge in [0.15, 0.2) is 11.6 Å². The lowest BCUT2D eigenvalue weighted by molar-refractivity contribution is 0.145. The summed E-state index contributed by atoms with van der Waals surface area (Å²) in [5, 5.41) is 20.6. The molecule has 0 amide bonds. The predicted octanol–water partition coefficient (Wildman–Crippen LogP) is 1.59. The molecule has 0 aliphatic carbocycles. The van der Waals surface area contributed by atoms with Crippen molar-refractivity contribution in [2.24, 2.45) is 0 Å². The second-order valence-corrected chi connectivity index (χ2v) is 5.86. The number of hydrogen-bond donors (Lipinski definition) is 2. The Balaban J connectivity index is 1.63. The third-order valence-corrected chi connectivity index (χ3v) is 4.16. The number of aromatic nitrogens is 4. The smallest absolute Gasteiger partial charge is 0.245 e. The number of nitrogens with one attached hydrogen (secondary N) is 1. The van der Waals surface area contributed by atoms with Crippen LogP contribution in [-0.2, 0) is 6.54 Å². The zero-order valence-electron chi connectivity index (χ0n) is 13.1. The van der Waals surface area contributed by atoms with Crippen LogP contribution in [0.15, 0.2) is 35.0 Å². The summed E-state index contributed by atoms with van der Waals surface area (Å²) < 4.78 is 4.73. The van der Waals surface area contributed by atoms with Gasteiger partial charge in [-0.2, -0.15) is 0 Å². The number of piperidine rings is 1. The molecule has 1 saturated heterocycles. The van der Waals surface area contributed by atoms with Gasteiger partial charge in [0, 0.05) is 19.6 Å². The van der Waals surface area contributed by atoms with Gasteiger partial charge in [-0.3, -0.25) is 0 Å². The summed E-state index contributed by atoms with van der Waals surface area (Å²) in [6, 6.07) is 10.1. The number of fused-ring (bicyclic) bond motifs is 1. The zero-order chi connectivity index (χ0) is 16.4. The Morgan fingerprint density at radius 3 is 2.54 bits per heavy atom. The van der Waals surface area contributed by atoms with Crippen molar-refractivity contribution < 1.29 is 9.74 Å². The van der Waals surface area contributed by atoms with Crippen molar-refractivity contribution in [1.29, 1.82) is 0 Å². The van der Waals surface area contributed by atoms with Crippen LogP contribution in [0, 0.1) is 0 Å². The zero-order valence-corrected chi connectivity index (χ0v) is 13.1. The summed E-state index contributed by atoms with van der Waals surface area (Å²) in [5.41, 5.74) is 1.92. The molecule has 0 saturated carbocycles. The maximum atomic E-state index is 9.72. The molecule has 2 aromatic heterocycles. The average molecular weight is 326 g/mol. The fourth-order valence-corrected chi connectivity index (χ4v) is 2.83. The first-order valence-corrected chi connectivity index (χ1v) is 8.01. The van der Waals surface area contributed by atoms with E-state index in [9.17, 15) is 5.11 Å². The molecular formula is C16H18N6O2. The minimum Gasteiger partial charge on any atom is -0.393 e. The summed E-state index contributed by atoms with van der Waals surface area (Å²) in [4.78, 5) is 11.2. The van der Waals surface area contributed by atoms with Gasteiger partial charge in [-0.15, -0.1) is 0 Å². The average Bonchev–Trinajstić information content (AvgIpc) is 3.08. The lowest BCUT2D eigenvalue weighted by Crippen LogP contribution is -2.37. The highest BCUT2D eigenvalue weighted by Crippen LogP contribution is 2.27. The van der Waals surface area contributed by atoms with Gasteiger partial charge in [-0.05, 0) is 28.7 Å². The van der Waals surface area contributed by atoms with E-state index >= 15 is 0 Å². The van der Waals surface area contributed by atoms with Crippen molar-refractivity contribution in [3.05, 3.63) is 35.9 Å². The Morgan fingerprint density at radius 1 is 1.08 bits per heavy atom. The molecule has 1 fully saturated rings. The summed E-state index contributed by atoms with van der Waals surface area (Å²) in [6.07, 6.45) is 1.19. The van der Waals surface area contributed by atoms with Crippen LogP contribution in [-0.4, -0.2) is 44.6 Å². The number of rotatable bonds is 4. The van der Waals surface area contributed by atoms with Gasteiger partial charge in [-0.25, -0.2) is 14.6 Å². The van der Waals surface area contributed by atoms with E-state index in [1.54, 1.807) is 0 Å². The Kier molecular flexibility index (Phi) is 3.96. The van der Waals surface area contributed by atoms with Crippen LogP contribution in [0.2, 0.25) is 0 Å². The van der Waals surface area contributed by atoms with Gasteiger partial charge in [0.1, 0.15) is 0 Å². The minimum absolute atomic E-state index is 0.243. The van der Waals surface area contributed by atoms with Crippen molar-refractivity contribution in [3.8, 4) is 0 Å². The summed E-state index contributed by atoms with van der Waals surface area (Å²) >= 11 is 0. The molecule has 3 aromatic rings. The van der Waals surface area contributed by atoms with Crippen LogP contribution in [0.25, 0.3) is 11.3 Å². The molecular weight excluding hydrogens is 308 g/mol. The monoisotopic (exact) mass is 326 g/mol. The molecule has 4 rings (SSSR count). The van der Waals surface area contributed by atoms with Crippen molar-refractivity contribution in [1.82, 2.24) is 20.3 Å². The predicted molar refractivity (Wildman–Crippen MR) is 88.6 cm³/mol. The maximum Gasteiger partial charge on any atom is 0.245 e. The Hall–Kier alpha value is -2.74. The molecule has 0 radical (unpaired) electrons. The third kappa shape index (κ3) is 3.00. The van der Waals surface area contributed by atoms with Crippen LogP contribution in [0.5, 0.6) is 0 Å². The van der Waals surface area contributed by atoms with E-state index in [1.807, 2.05) is 30.3 Å². The first-order chi connectivity index (χ1) is 11.8. The number of benzene rings is 1. The van der Waals surface area contributed by atoms with Crippen molar-refractivity contribution >= 4 is 22.9 Å². The highest BCUT2D eigenvalue weighted by atomic mass is 16.6. The van der Waals surface area contributed by atoms with Gasteiger partial charge >= 0.3 is 0 Å². The standard InChI is InChI=1S/C16H18N6O2/c23-12-6-8-22(9-7-12)16-15(17-10-11-4-2-1-3-5-11)18-13-14(19-16)21-24-20-13/h1-5,12,23H,6-10H2,(H,17,18,20). The van der Waals surface area contributed by atoms with Crippen molar-refractivity contribution in [2.75, 3.05) is 23.3 Å². The maximum absolute atomic E-state index is 9.72. The lowest BCUT2D eigenvalue weighted by atomic mass is 10.1. The molecule has 24 heavy (non-hydrogen) atoms. The van der Waals surface area contributed by atoms with E-state index in [2.05, 4.69) is 30.5 Å². The van der Waals surface area contributed by atoms with Crippen molar-refractivity contribution in [3.63, 3.8) is 0 Å². The van der Waals surface area contributed by atoms with Gasteiger partial charge in [0.05, 0.1) is 6.10 Å². The molecule has 2 N–H and O–H groups in total. The van der Waals surface area contributed by atoms with E-state index in [0.717, 1.165) is 37.3 Å². The Bertz CT molecular complexity index is 814. The van der Waals surface area contributed by atoms with E-state index in [-0.39, 0.29) is 6.10 Å². The van der Waals surface area contributed by atoms with E-state index < -0.39 is 0 Å². The highest BCUT2D eigenvalue weighted by Gasteiger charge is 2.23. The van der Waals surface area contributed by atoms with Crippen molar-refractivity contribution in [2.45, 2.75) is 25.5 Å². The van der Waals surface area contributed by atoms with Gasteiger partial charge in [-0.1, -0.05) is 30.3 Å². The van der Waals surface area contributed by atoms with E-state index in [1.165, 1.54) is 0 Å². The molecule has 0 unspecified atom stereocenters. The van der Waals surface area contributed by atoms with Gasteiger partial charge < -0.3 is 15.3 Å². The number of aliphatic hydroxyl groups is 1. The number of anilines is 2. The number of aliphatic hydroxyl groups excluding tert-OH is 1. The summed E-state index contributed by atoms with van der Waals surface area (Å²) in [7, 11) is 0. The molecule has 8 heteroatoms. The quantitative estimate of drug-likeness (QED) is 0.745. The molecule has 8 nitrogen and oxygen atoms in total. The molecule has 0 spiro atoms. The van der Waals surface area contributed by atoms with Crippen LogP contribution >= 0.6 is 0 Å². The molecule has 1 aliphatic heterocycles. The topological polar surface area (TPSA) is 100 Å². The second kappa shape index (κ2) is 6.40. The number of hydrogen-bond acceptors (Lipinski definition) is 8. The van der Waals surface area contributed by atoms with Crippen LogP contribution < -0.4 is 10.2 Å². The Labute approximate surface area is 138 Å². The normalized spacial score (nSPS) is 15.8. The summed E-state index contributed by atoms with van der Waals surface area (Å²) in [5.74, 6) is 1.37. The summed E-state index contributed by atoms with van der Waals surface area (Å²) in [6.45, 7) is 2.09. The largest absolute Gasteiger partial charge is 0.393 e. The fourth-order valence-electron chi connectivity index (χ4n) is 2.83. The Morgan fingerprint density at radius 2 is 1.79 bits per heavy atom. The number of nitrogens with zero attached hydrogens (tertiary/aromatic N) is 5.